The summed E-state index contributed by atoms with van der Waals surface area (Å²) in [7, 11) is -3.58. The summed E-state index contributed by atoms with van der Waals surface area (Å²) in [6.07, 6.45) is 2.73. The number of amides is 1. The van der Waals surface area contributed by atoms with Crippen molar-refractivity contribution >= 4 is 38.6 Å². The molecule has 32 heavy (non-hydrogen) atoms. The van der Waals surface area contributed by atoms with Gasteiger partial charge in [0.2, 0.25) is 15.8 Å². The fourth-order valence-corrected chi connectivity index (χ4v) is 5.25. The first kappa shape index (κ1) is 22.0. The van der Waals surface area contributed by atoms with Gasteiger partial charge in [-0.05, 0) is 56.2 Å². The summed E-state index contributed by atoms with van der Waals surface area (Å²) < 4.78 is 37.8. The molecule has 0 radical (unpaired) electrons. The molecule has 1 aliphatic rings. The summed E-state index contributed by atoms with van der Waals surface area (Å²) >= 11 is 0. The van der Waals surface area contributed by atoms with E-state index in [0.717, 1.165) is 19.3 Å². The minimum atomic E-state index is -3.58. The third-order valence-electron chi connectivity index (χ3n) is 5.36. The van der Waals surface area contributed by atoms with E-state index in [2.05, 4.69) is 5.32 Å². The predicted octanol–water partition coefficient (Wildman–Crippen LogP) is 4.04. The summed E-state index contributed by atoms with van der Waals surface area (Å²) in [5.74, 6) is -1.27. The lowest BCUT2D eigenvalue weighted by atomic mass is 10.2. The van der Waals surface area contributed by atoms with Gasteiger partial charge in [-0.15, -0.1) is 0 Å². The second-order valence-electron chi connectivity index (χ2n) is 7.47. The van der Waals surface area contributed by atoms with Crippen LogP contribution >= 0.6 is 0 Å². The lowest BCUT2D eigenvalue weighted by Gasteiger charge is -2.25. The van der Waals surface area contributed by atoms with Gasteiger partial charge in [-0.25, -0.2) is 13.2 Å². The van der Waals surface area contributed by atoms with Gasteiger partial charge in [-0.2, -0.15) is 4.31 Å². The number of anilines is 1. The fourth-order valence-electron chi connectivity index (χ4n) is 3.73. The molecule has 1 saturated heterocycles. The Morgan fingerprint density at radius 1 is 1.03 bits per heavy atom. The molecule has 1 aliphatic heterocycles. The molecule has 1 aromatic heterocycles. The van der Waals surface area contributed by atoms with Gasteiger partial charge in [-0.1, -0.05) is 18.6 Å². The van der Waals surface area contributed by atoms with Crippen LogP contribution in [0.5, 0.6) is 0 Å². The number of rotatable bonds is 6. The number of benzene rings is 2. The number of fused-ring (bicyclic) bond motifs is 1. The van der Waals surface area contributed by atoms with Crippen LogP contribution in [0.15, 0.2) is 57.8 Å². The molecule has 0 unspecified atom stereocenters. The Morgan fingerprint density at radius 2 is 1.72 bits per heavy atom. The number of hydrogen-bond donors (Lipinski definition) is 1. The molecule has 1 fully saturated rings. The van der Waals surface area contributed by atoms with Crippen LogP contribution in [0.4, 0.5) is 5.69 Å². The van der Waals surface area contributed by atoms with E-state index in [9.17, 15) is 18.0 Å². The quantitative estimate of drug-likeness (QED) is 0.561. The van der Waals surface area contributed by atoms with E-state index in [1.165, 1.54) is 28.6 Å². The molecule has 9 heteroatoms. The van der Waals surface area contributed by atoms with E-state index in [1.807, 2.05) is 0 Å². The predicted molar refractivity (Wildman–Crippen MR) is 119 cm³/mol. The lowest BCUT2D eigenvalue weighted by Crippen LogP contribution is -2.35. The Bertz CT molecular complexity index is 1240. The molecule has 2 heterocycles. The van der Waals surface area contributed by atoms with Gasteiger partial charge in [-0.3, -0.25) is 4.79 Å². The van der Waals surface area contributed by atoms with Crippen LogP contribution in [0.1, 0.15) is 47.1 Å². The molecule has 0 spiro atoms. The van der Waals surface area contributed by atoms with Crippen molar-refractivity contribution < 1.29 is 27.2 Å². The summed E-state index contributed by atoms with van der Waals surface area (Å²) in [6, 6.07) is 12.7. The van der Waals surface area contributed by atoms with Gasteiger partial charge in [0.1, 0.15) is 11.3 Å². The largest absolute Gasteiger partial charge is 0.460 e. The van der Waals surface area contributed by atoms with E-state index in [4.69, 9.17) is 9.15 Å². The first-order valence-corrected chi connectivity index (χ1v) is 12.0. The Labute approximate surface area is 186 Å². The highest BCUT2D eigenvalue weighted by molar-refractivity contribution is 7.89. The Balaban J connectivity index is 1.59. The average molecular weight is 457 g/mol. The van der Waals surface area contributed by atoms with Crippen molar-refractivity contribution in [1.82, 2.24) is 4.31 Å². The summed E-state index contributed by atoms with van der Waals surface area (Å²) in [5, 5.41) is 3.28. The Morgan fingerprint density at radius 3 is 2.41 bits per heavy atom. The molecule has 0 bridgehead atoms. The van der Waals surface area contributed by atoms with Crippen molar-refractivity contribution in [3.8, 4) is 0 Å². The van der Waals surface area contributed by atoms with Crippen LogP contribution in [-0.4, -0.2) is 44.3 Å². The van der Waals surface area contributed by atoms with Crippen LogP contribution < -0.4 is 5.32 Å². The van der Waals surface area contributed by atoms with Gasteiger partial charge >= 0.3 is 5.97 Å². The second-order valence-corrected chi connectivity index (χ2v) is 9.40. The minimum Gasteiger partial charge on any atom is -0.460 e. The molecule has 1 amide bonds. The van der Waals surface area contributed by atoms with Crippen LogP contribution in [0.3, 0.4) is 0 Å². The standard InChI is InChI=1S/C23H24N2O6S/c1-2-30-23(27)21-20(18-8-4-5-9-19(18)31-21)24-22(26)16-10-12-17(13-11-16)32(28,29)25-14-6-3-7-15-25/h4-5,8-13H,2-3,6-7,14-15H2,1H3,(H,24,26). The third kappa shape index (κ3) is 4.26. The number of carbonyl (C=O) groups excluding carboxylic acids is 2. The van der Waals surface area contributed by atoms with Crippen LogP contribution in [-0.2, 0) is 14.8 Å². The van der Waals surface area contributed by atoms with E-state index in [1.54, 1.807) is 31.2 Å². The van der Waals surface area contributed by atoms with E-state index >= 15 is 0 Å². The van der Waals surface area contributed by atoms with Gasteiger partial charge < -0.3 is 14.5 Å². The molecule has 3 aromatic rings. The molecule has 2 aromatic carbocycles. The Kier molecular flexibility index (Phi) is 6.29. The number of carbonyl (C=O) groups is 2. The topological polar surface area (TPSA) is 106 Å². The van der Waals surface area contributed by atoms with Gasteiger partial charge in [0, 0.05) is 24.0 Å². The number of nitrogens with one attached hydrogen (secondary N) is 1. The number of furan rings is 1. The number of sulfonamides is 1. The zero-order chi connectivity index (χ0) is 22.7. The van der Waals surface area contributed by atoms with Crippen LogP contribution in [0.2, 0.25) is 0 Å². The molecule has 0 aliphatic carbocycles. The molecule has 0 atom stereocenters. The monoisotopic (exact) mass is 456 g/mol. The third-order valence-corrected chi connectivity index (χ3v) is 7.28. The smallest absolute Gasteiger partial charge is 0.376 e. The van der Waals surface area contributed by atoms with Gasteiger partial charge in [0.05, 0.1) is 11.5 Å². The first-order chi connectivity index (χ1) is 15.4. The molecular formula is C23H24N2O6S. The maximum absolute atomic E-state index is 12.9. The van der Waals surface area contributed by atoms with Crippen molar-refractivity contribution in [2.45, 2.75) is 31.1 Å². The zero-order valence-electron chi connectivity index (χ0n) is 17.7. The number of esters is 1. The molecule has 1 N–H and O–H groups in total. The van der Waals surface area contributed by atoms with E-state index in [0.29, 0.717) is 24.1 Å². The number of nitrogens with zero attached hydrogens (tertiary/aromatic N) is 1. The number of para-hydroxylation sites is 1. The number of piperidine rings is 1. The summed E-state index contributed by atoms with van der Waals surface area (Å²) in [6.45, 7) is 2.86. The van der Waals surface area contributed by atoms with Gasteiger partial charge in [0.15, 0.2) is 0 Å². The molecule has 168 valence electrons. The second kappa shape index (κ2) is 9.13. The van der Waals surface area contributed by atoms with Crippen molar-refractivity contribution in [2.24, 2.45) is 0 Å². The molecule has 4 rings (SSSR count). The SMILES string of the molecule is CCOC(=O)c1oc2ccccc2c1NC(=O)c1ccc(S(=O)(=O)N2CCCCC2)cc1. The zero-order valence-corrected chi connectivity index (χ0v) is 18.5. The Hall–Kier alpha value is -3.17. The highest BCUT2D eigenvalue weighted by Crippen LogP contribution is 2.32. The van der Waals surface area contributed by atoms with Gasteiger partial charge in [0.25, 0.3) is 5.91 Å². The highest BCUT2D eigenvalue weighted by atomic mass is 32.2. The molecular weight excluding hydrogens is 432 g/mol. The summed E-state index contributed by atoms with van der Waals surface area (Å²) in [4.78, 5) is 25.4. The van der Waals surface area contributed by atoms with Crippen LogP contribution in [0, 0.1) is 0 Å². The van der Waals surface area contributed by atoms with E-state index in [-0.39, 0.29) is 28.5 Å². The molecule has 8 nitrogen and oxygen atoms in total. The number of ether oxygens (including phenoxy) is 1. The molecule has 0 saturated carbocycles. The van der Waals surface area contributed by atoms with E-state index < -0.39 is 21.9 Å². The number of hydrogen-bond acceptors (Lipinski definition) is 6. The van der Waals surface area contributed by atoms with Crippen molar-refractivity contribution in [2.75, 3.05) is 25.0 Å². The summed E-state index contributed by atoms with van der Waals surface area (Å²) in [5.41, 5.74) is 0.908. The van der Waals surface area contributed by atoms with Crippen molar-refractivity contribution in [3.05, 3.63) is 59.9 Å². The minimum absolute atomic E-state index is 0.0919. The fraction of sp³-hybridized carbons (Fsp3) is 0.304. The first-order valence-electron chi connectivity index (χ1n) is 10.5. The lowest BCUT2D eigenvalue weighted by molar-refractivity contribution is 0.0494. The highest BCUT2D eigenvalue weighted by Gasteiger charge is 2.27. The average Bonchev–Trinajstić information content (AvgIpc) is 3.18. The maximum atomic E-state index is 12.9. The normalized spacial score (nSPS) is 14.9. The maximum Gasteiger partial charge on any atom is 0.376 e. The van der Waals surface area contributed by atoms with Crippen molar-refractivity contribution in [3.63, 3.8) is 0 Å². The van der Waals surface area contributed by atoms with Crippen LogP contribution in [0.25, 0.3) is 11.0 Å². The van der Waals surface area contributed by atoms with Crippen molar-refractivity contribution in [1.29, 1.82) is 0 Å².